The summed E-state index contributed by atoms with van der Waals surface area (Å²) < 4.78 is 30.6. The summed E-state index contributed by atoms with van der Waals surface area (Å²) in [4.78, 5) is 62.7. The van der Waals surface area contributed by atoms with Gasteiger partial charge in [0, 0.05) is 32.2 Å². The molecule has 11 nitrogen and oxygen atoms in total. The molecule has 0 aromatic carbocycles. The number of aryl methyl sites for hydroxylation is 2. The summed E-state index contributed by atoms with van der Waals surface area (Å²) in [5, 5.41) is 2.64. The molecule has 1 amide bonds. The van der Waals surface area contributed by atoms with Crippen LogP contribution in [0.1, 0.15) is 31.5 Å². The van der Waals surface area contributed by atoms with Crippen LogP contribution in [-0.4, -0.2) is 40.3 Å². The lowest BCUT2D eigenvalue weighted by Gasteiger charge is -2.13. The molecule has 13 heteroatoms. The summed E-state index contributed by atoms with van der Waals surface area (Å²) in [6.45, 7) is 3.24. The number of carbonyl (C=O) groups excluding carboxylic acids is 2. The second-order valence-electron chi connectivity index (χ2n) is 8.90. The number of amides is 1. The van der Waals surface area contributed by atoms with Crippen LogP contribution in [0.5, 0.6) is 0 Å². The smallest absolute Gasteiger partial charge is 0.315 e. The highest BCUT2D eigenvalue weighted by Crippen LogP contribution is 2.30. The third-order valence-electron chi connectivity index (χ3n) is 5.95. The molecule has 0 bridgehead atoms. The van der Waals surface area contributed by atoms with E-state index in [1.165, 1.54) is 31.1 Å². The molecule has 0 saturated heterocycles. The fraction of sp³-hybridized carbons (Fsp3) is 0.320. The predicted molar refractivity (Wildman–Crippen MR) is 135 cm³/mol. The monoisotopic (exact) mass is 525 g/mol. The fourth-order valence-electron chi connectivity index (χ4n) is 4.05. The van der Waals surface area contributed by atoms with E-state index in [4.69, 9.17) is 0 Å². The van der Waals surface area contributed by atoms with Gasteiger partial charge >= 0.3 is 5.69 Å². The Balaban J connectivity index is 1.59. The number of rotatable bonds is 8. The van der Waals surface area contributed by atoms with Crippen molar-refractivity contribution in [2.75, 3.05) is 5.32 Å². The number of Topliss-reactive ketones (excluding diaryl/α,β-unsaturated/α-hetero) is 1. The third kappa shape index (κ3) is 5.12. The van der Waals surface area contributed by atoms with Gasteiger partial charge in [-0.05, 0) is 30.7 Å². The Labute approximate surface area is 214 Å². The van der Waals surface area contributed by atoms with Crippen molar-refractivity contribution in [3.8, 4) is 11.3 Å². The molecule has 0 aliphatic carbocycles. The number of aromatic nitrogens is 6. The quantitative estimate of drug-likeness (QED) is 0.373. The van der Waals surface area contributed by atoms with Gasteiger partial charge in [0.1, 0.15) is 18.1 Å². The summed E-state index contributed by atoms with van der Waals surface area (Å²) in [5.74, 6) is -3.71. The lowest BCUT2D eigenvalue weighted by molar-refractivity contribution is -0.119. The van der Waals surface area contributed by atoms with Crippen molar-refractivity contribution in [3.05, 3.63) is 68.9 Å². The largest absolute Gasteiger partial charge is 0.332 e. The molecule has 0 radical (unpaired) electrons. The van der Waals surface area contributed by atoms with Gasteiger partial charge in [0.15, 0.2) is 16.9 Å². The summed E-state index contributed by atoms with van der Waals surface area (Å²) in [7, 11) is 1.43. The number of fused-ring (bicyclic) bond motifs is 1. The summed E-state index contributed by atoms with van der Waals surface area (Å²) >= 11 is 0. The van der Waals surface area contributed by atoms with Gasteiger partial charge in [0.2, 0.25) is 5.91 Å². The number of pyridine rings is 2. The minimum atomic E-state index is -3.08. The number of nitrogens with zero attached hydrogens (tertiary/aromatic N) is 6. The van der Waals surface area contributed by atoms with Crippen LogP contribution in [0.3, 0.4) is 0 Å². The molecule has 0 unspecified atom stereocenters. The Morgan fingerprint density at radius 1 is 1.13 bits per heavy atom. The first-order valence-corrected chi connectivity index (χ1v) is 11.7. The first-order valence-electron chi connectivity index (χ1n) is 11.7. The van der Waals surface area contributed by atoms with Crippen LogP contribution < -0.4 is 16.6 Å². The fourth-order valence-corrected chi connectivity index (χ4v) is 4.05. The standard InChI is InChI=1S/C25H25F2N7O4/c1-5-16(35)11-34-23(37)20-22(32(4)24(34)38)29-13-33(20)12-19(36)31-18-8-6-7-17(30-18)15-9-14(2)21(28-10-15)25(3,26)27/h6-10,13H,5,11-12H2,1-4H3,(H,30,31,36). The van der Waals surface area contributed by atoms with Crippen LogP contribution in [0.2, 0.25) is 0 Å². The zero-order valence-electron chi connectivity index (χ0n) is 21.2. The number of carbonyl (C=O) groups is 2. The zero-order chi connectivity index (χ0) is 27.8. The normalized spacial score (nSPS) is 11.6. The van der Waals surface area contributed by atoms with E-state index < -0.39 is 23.1 Å². The van der Waals surface area contributed by atoms with Crippen molar-refractivity contribution in [1.82, 2.24) is 28.7 Å². The van der Waals surface area contributed by atoms with E-state index in [1.54, 1.807) is 31.2 Å². The van der Waals surface area contributed by atoms with E-state index in [9.17, 15) is 28.0 Å². The van der Waals surface area contributed by atoms with Gasteiger partial charge in [-0.2, -0.15) is 8.78 Å². The van der Waals surface area contributed by atoms with Gasteiger partial charge in [0.05, 0.1) is 18.6 Å². The van der Waals surface area contributed by atoms with Gasteiger partial charge in [-0.1, -0.05) is 13.0 Å². The third-order valence-corrected chi connectivity index (χ3v) is 5.95. The van der Waals surface area contributed by atoms with Crippen LogP contribution in [0, 0.1) is 6.92 Å². The van der Waals surface area contributed by atoms with Crippen LogP contribution in [0.4, 0.5) is 14.6 Å². The van der Waals surface area contributed by atoms with Crippen LogP contribution in [0.25, 0.3) is 22.4 Å². The predicted octanol–water partition coefficient (Wildman–Crippen LogP) is 2.39. The minimum Gasteiger partial charge on any atom is -0.315 e. The molecule has 4 rings (SSSR count). The lowest BCUT2D eigenvalue weighted by atomic mass is 10.1. The molecule has 1 N–H and O–H groups in total. The Morgan fingerprint density at radius 2 is 1.87 bits per heavy atom. The van der Waals surface area contributed by atoms with Crippen molar-refractivity contribution >= 4 is 28.7 Å². The van der Waals surface area contributed by atoms with Gasteiger partial charge in [-0.3, -0.25) is 28.5 Å². The van der Waals surface area contributed by atoms with E-state index in [0.29, 0.717) is 16.8 Å². The topological polar surface area (TPSA) is 134 Å². The molecule has 0 spiro atoms. The SMILES string of the molecule is CCC(=O)Cn1c(=O)c2c(ncn2CC(=O)Nc2cccc(-c3cnc(C(C)(F)F)c(C)c3)n2)n(C)c1=O. The summed E-state index contributed by atoms with van der Waals surface area (Å²) in [6, 6.07) is 6.39. The number of ketones is 1. The molecular formula is C25H25F2N7O4. The van der Waals surface area contributed by atoms with Crippen molar-refractivity contribution in [2.45, 2.75) is 46.2 Å². The van der Waals surface area contributed by atoms with E-state index in [0.717, 1.165) is 16.1 Å². The zero-order valence-corrected chi connectivity index (χ0v) is 21.2. The molecule has 0 aliphatic rings. The summed E-state index contributed by atoms with van der Waals surface area (Å²) in [5.41, 5.74) is -0.432. The Morgan fingerprint density at radius 3 is 2.53 bits per heavy atom. The number of anilines is 1. The lowest BCUT2D eigenvalue weighted by Crippen LogP contribution is -2.41. The maximum atomic E-state index is 13.7. The molecule has 0 fully saturated rings. The van der Waals surface area contributed by atoms with E-state index in [-0.39, 0.29) is 48.0 Å². The second kappa shape index (κ2) is 10.1. The maximum absolute atomic E-state index is 13.7. The van der Waals surface area contributed by atoms with Crippen molar-refractivity contribution in [2.24, 2.45) is 7.05 Å². The van der Waals surface area contributed by atoms with Gasteiger partial charge < -0.3 is 9.88 Å². The molecule has 0 saturated carbocycles. The summed E-state index contributed by atoms with van der Waals surface area (Å²) in [6.07, 6.45) is 2.72. The highest BCUT2D eigenvalue weighted by molar-refractivity contribution is 5.90. The van der Waals surface area contributed by atoms with Crippen LogP contribution in [-0.2, 0) is 35.6 Å². The van der Waals surface area contributed by atoms with Crippen molar-refractivity contribution < 1.29 is 18.4 Å². The Hall–Kier alpha value is -4.55. The minimum absolute atomic E-state index is 0.00206. The first kappa shape index (κ1) is 26.5. The molecule has 0 atom stereocenters. The van der Waals surface area contributed by atoms with E-state index >= 15 is 0 Å². The van der Waals surface area contributed by atoms with E-state index in [1.807, 2.05) is 0 Å². The Bertz CT molecular complexity index is 1680. The second-order valence-corrected chi connectivity index (χ2v) is 8.90. The van der Waals surface area contributed by atoms with Gasteiger partial charge in [0.25, 0.3) is 11.5 Å². The van der Waals surface area contributed by atoms with E-state index in [2.05, 4.69) is 20.3 Å². The molecule has 198 valence electrons. The van der Waals surface area contributed by atoms with Gasteiger partial charge in [-0.15, -0.1) is 0 Å². The number of imidazole rings is 1. The molecule has 4 aromatic rings. The highest BCUT2D eigenvalue weighted by atomic mass is 19.3. The molecule has 4 aromatic heterocycles. The number of halogens is 2. The van der Waals surface area contributed by atoms with Crippen molar-refractivity contribution in [3.63, 3.8) is 0 Å². The molecule has 38 heavy (non-hydrogen) atoms. The number of hydrogen-bond acceptors (Lipinski definition) is 7. The number of hydrogen-bond donors (Lipinski definition) is 1. The first-order chi connectivity index (χ1) is 17.9. The highest BCUT2D eigenvalue weighted by Gasteiger charge is 2.28. The molecule has 4 heterocycles. The average molecular weight is 526 g/mol. The van der Waals surface area contributed by atoms with Crippen molar-refractivity contribution in [1.29, 1.82) is 0 Å². The van der Waals surface area contributed by atoms with Crippen LogP contribution in [0.15, 0.2) is 46.4 Å². The average Bonchev–Trinajstić information content (AvgIpc) is 3.28. The number of nitrogens with one attached hydrogen (secondary N) is 1. The van der Waals surface area contributed by atoms with Gasteiger partial charge in [-0.25, -0.2) is 14.8 Å². The molecular weight excluding hydrogens is 500 g/mol. The maximum Gasteiger partial charge on any atom is 0.332 e. The van der Waals surface area contributed by atoms with Crippen LogP contribution >= 0.6 is 0 Å². The Kier molecular flexibility index (Phi) is 7.03. The molecule has 0 aliphatic heterocycles. The number of alkyl halides is 2.